The summed E-state index contributed by atoms with van der Waals surface area (Å²) < 4.78 is 1.29. The minimum Gasteiger partial charge on any atom is -0.322 e. The number of hydrogen-bond acceptors (Lipinski definition) is 3. The molecule has 4 rings (SSSR count). The third kappa shape index (κ3) is 3.88. The highest BCUT2D eigenvalue weighted by molar-refractivity contribution is 7.18. The number of hydrogen-bond donors (Lipinski definition) is 2. The number of para-hydroxylation sites is 1. The van der Waals surface area contributed by atoms with E-state index in [2.05, 4.69) is 36.4 Å². The smallest absolute Gasteiger partial charge is 0.148 e. The van der Waals surface area contributed by atoms with Crippen molar-refractivity contribution in [2.45, 2.75) is 13.1 Å². The monoisotopic (exact) mass is 350 g/mol. The second-order valence-corrected chi connectivity index (χ2v) is 7.86. The highest BCUT2D eigenvalue weighted by Crippen LogP contribution is 2.20. The molecule has 0 unspecified atom stereocenters. The van der Waals surface area contributed by atoms with Crippen LogP contribution in [0.3, 0.4) is 0 Å². The van der Waals surface area contributed by atoms with E-state index < -0.39 is 0 Å². The van der Waals surface area contributed by atoms with Gasteiger partial charge in [0.15, 0.2) is 0 Å². The second-order valence-electron chi connectivity index (χ2n) is 6.74. The van der Waals surface area contributed by atoms with E-state index in [0.717, 1.165) is 24.2 Å². The zero-order valence-corrected chi connectivity index (χ0v) is 15.0. The molecule has 1 aromatic heterocycles. The van der Waals surface area contributed by atoms with Crippen molar-refractivity contribution in [2.75, 3.05) is 26.2 Å². The number of piperazine rings is 1. The van der Waals surface area contributed by atoms with Gasteiger partial charge in [0.2, 0.25) is 0 Å². The minimum absolute atomic E-state index is 0.761. The molecule has 0 saturated carbocycles. The molecule has 1 saturated heterocycles. The Morgan fingerprint density at radius 1 is 0.960 bits per heavy atom. The fourth-order valence-electron chi connectivity index (χ4n) is 3.56. The predicted molar refractivity (Wildman–Crippen MR) is 99.6 cm³/mol. The first-order valence-electron chi connectivity index (χ1n) is 8.81. The summed E-state index contributed by atoms with van der Waals surface area (Å²) in [6.07, 6.45) is 0. The quantitative estimate of drug-likeness (QED) is 0.726. The lowest BCUT2D eigenvalue weighted by Crippen LogP contribution is -3.27. The molecule has 2 heterocycles. The van der Waals surface area contributed by atoms with Gasteiger partial charge < -0.3 is 9.80 Å². The molecule has 126 valence electrons. The Morgan fingerprint density at radius 2 is 1.72 bits per heavy atom. The van der Waals surface area contributed by atoms with E-state index in [1.165, 1.54) is 41.5 Å². The van der Waals surface area contributed by atoms with Gasteiger partial charge in [0.25, 0.3) is 0 Å². The first-order chi connectivity index (χ1) is 12.3. The fourth-order valence-corrected chi connectivity index (χ4v) is 4.60. The SMILES string of the molecule is N#Cc1cccc(C[NH+]2CC[NH+](Cc3nc4ccccc4s3)CC2)c1. The minimum atomic E-state index is 0.761. The lowest BCUT2D eigenvalue weighted by atomic mass is 10.1. The van der Waals surface area contributed by atoms with Crippen molar-refractivity contribution < 1.29 is 9.80 Å². The highest BCUT2D eigenvalue weighted by Gasteiger charge is 2.24. The molecule has 2 aromatic carbocycles. The summed E-state index contributed by atoms with van der Waals surface area (Å²) in [6.45, 7) is 6.78. The van der Waals surface area contributed by atoms with E-state index in [4.69, 9.17) is 10.2 Å². The van der Waals surface area contributed by atoms with Crippen LogP contribution in [0, 0.1) is 11.3 Å². The maximum absolute atomic E-state index is 9.03. The Kier molecular flexibility index (Phi) is 4.75. The number of nitrogens with zero attached hydrogens (tertiary/aromatic N) is 2. The first kappa shape index (κ1) is 16.2. The van der Waals surface area contributed by atoms with Crippen molar-refractivity contribution in [3.63, 3.8) is 0 Å². The van der Waals surface area contributed by atoms with Crippen LogP contribution < -0.4 is 9.80 Å². The molecule has 1 aliphatic heterocycles. The van der Waals surface area contributed by atoms with Crippen LogP contribution in [-0.2, 0) is 13.1 Å². The Morgan fingerprint density at radius 3 is 2.48 bits per heavy atom. The molecule has 3 aromatic rings. The Labute approximate surface area is 151 Å². The van der Waals surface area contributed by atoms with Gasteiger partial charge >= 0.3 is 0 Å². The third-order valence-electron chi connectivity index (χ3n) is 4.91. The fraction of sp³-hybridized carbons (Fsp3) is 0.300. The number of benzene rings is 2. The van der Waals surface area contributed by atoms with Crippen LogP contribution in [0.2, 0.25) is 0 Å². The highest BCUT2D eigenvalue weighted by atomic mass is 32.1. The zero-order chi connectivity index (χ0) is 17.1. The van der Waals surface area contributed by atoms with Gasteiger partial charge in [0.05, 0.1) is 21.8 Å². The van der Waals surface area contributed by atoms with Crippen molar-refractivity contribution in [1.82, 2.24) is 4.98 Å². The lowest BCUT2D eigenvalue weighted by molar-refractivity contribution is -1.02. The average molecular weight is 350 g/mol. The topological polar surface area (TPSA) is 45.6 Å². The van der Waals surface area contributed by atoms with Crippen LogP contribution in [-0.4, -0.2) is 31.2 Å². The molecule has 0 atom stereocenters. The molecule has 2 N–H and O–H groups in total. The van der Waals surface area contributed by atoms with Gasteiger partial charge in [-0.25, -0.2) is 4.98 Å². The average Bonchev–Trinajstić information content (AvgIpc) is 3.06. The van der Waals surface area contributed by atoms with Gasteiger partial charge in [-0.1, -0.05) is 24.3 Å². The van der Waals surface area contributed by atoms with E-state index in [1.807, 2.05) is 29.5 Å². The maximum atomic E-state index is 9.03. The van der Waals surface area contributed by atoms with Crippen LogP contribution in [0.4, 0.5) is 0 Å². The van der Waals surface area contributed by atoms with Crippen LogP contribution >= 0.6 is 11.3 Å². The van der Waals surface area contributed by atoms with E-state index in [-0.39, 0.29) is 0 Å². The van der Waals surface area contributed by atoms with Crippen LogP contribution in [0.25, 0.3) is 10.2 Å². The van der Waals surface area contributed by atoms with Crippen molar-refractivity contribution in [2.24, 2.45) is 0 Å². The lowest BCUT2D eigenvalue weighted by Gasteiger charge is -2.29. The molecule has 5 heteroatoms. The number of fused-ring (bicyclic) bond motifs is 1. The molecular weight excluding hydrogens is 328 g/mol. The summed E-state index contributed by atoms with van der Waals surface area (Å²) in [5.74, 6) is 0. The molecule has 0 spiro atoms. The zero-order valence-electron chi connectivity index (χ0n) is 14.2. The molecule has 25 heavy (non-hydrogen) atoms. The van der Waals surface area contributed by atoms with E-state index in [1.54, 1.807) is 9.80 Å². The van der Waals surface area contributed by atoms with Crippen LogP contribution in [0.15, 0.2) is 48.5 Å². The molecule has 0 radical (unpaired) electrons. The number of nitrogens with one attached hydrogen (secondary N) is 2. The molecular formula is C20H22N4S+2. The van der Waals surface area contributed by atoms with Crippen LogP contribution in [0.1, 0.15) is 16.1 Å². The van der Waals surface area contributed by atoms with Crippen molar-refractivity contribution in [3.8, 4) is 6.07 Å². The summed E-state index contributed by atoms with van der Waals surface area (Å²) in [5.41, 5.74) is 3.16. The molecule has 0 bridgehead atoms. The summed E-state index contributed by atoms with van der Waals surface area (Å²) in [4.78, 5) is 8.02. The Bertz CT molecular complexity index is 870. The van der Waals surface area contributed by atoms with Gasteiger partial charge in [-0.15, -0.1) is 11.3 Å². The summed E-state index contributed by atoms with van der Waals surface area (Å²) in [7, 11) is 0. The van der Waals surface area contributed by atoms with Gasteiger partial charge in [0, 0.05) is 5.56 Å². The molecule has 0 aliphatic carbocycles. The largest absolute Gasteiger partial charge is 0.322 e. The number of thiazole rings is 1. The van der Waals surface area contributed by atoms with Gasteiger partial charge in [-0.3, -0.25) is 0 Å². The maximum Gasteiger partial charge on any atom is 0.148 e. The molecule has 1 fully saturated rings. The second kappa shape index (κ2) is 7.32. The summed E-state index contributed by atoms with van der Waals surface area (Å²) in [5, 5.41) is 10.3. The number of nitriles is 1. The standard InChI is InChI=1S/C20H20N4S/c21-13-16-4-3-5-17(12-16)14-23-8-10-24(11-9-23)15-20-22-18-6-1-2-7-19(18)25-20/h1-7,12H,8-11,14-15H2/p+2. The van der Waals surface area contributed by atoms with E-state index >= 15 is 0 Å². The Balaban J connectivity index is 1.32. The summed E-state index contributed by atoms with van der Waals surface area (Å²) in [6, 6.07) is 18.6. The number of aromatic nitrogens is 1. The predicted octanol–water partition coefficient (Wildman–Crippen LogP) is 0.652. The molecule has 0 amide bonds. The number of rotatable bonds is 4. The molecule has 4 nitrogen and oxygen atoms in total. The van der Waals surface area contributed by atoms with E-state index in [9.17, 15) is 0 Å². The van der Waals surface area contributed by atoms with E-state index in [0.29, 0.717) is 0 Å². The summed E-state index contributed by atoms with van der Waals surface area (Å²) >= 11 is 1.83. The van der Waals surface area contributed by atoms with Crippen molar-refractivity contribution in [1.29, 1.82) is 5.26 Å². The van der Waals surface area contributed by atoms with Crippen molar-refractivity contribution >= 4 is 21.6 Å². The van der Waals surface area contributed by atoms with Crippen molar-refractivity contribution in [3.05, 3.63) is 64.7 Å². The normalized spacial score (nSPS) is 20.4. The van der Waals surface area contributed by atoms with Gasteiger partial charge in [-0.05, 0) is 24.3 Å². The van der Waals surface area contributed by atoms with Gasteiger partial charge in [-0.2, -0.15) is 5.26 Å². The Hall–Kier alpha value is -2.26. The van der Waals surface area contributed by atoms with Gasteiger partial charge in [0.1, 0.15) is 44.3 Å². The number of quaternary nitrogens is 2. The first-order valence-corrected chi connectivity index (χ1v) is 9.62. The van der Waals surface area contributed by atoms with Crippen LogP contribution in [0.5, 0.6) is 0 Å². The third-order valence-corrected chi connectivity index (χ3v) is 5.95. The molecule has 1 aliphatic rings.